The summed E-state index contributed by atoms with van der Waals surface area (Å²) in [6, 6.07) is 10.0. The second-order valence-corrected chi connectivity index (χ2v) is 6.34. The third-order valence-corrected chi connectivity index (χ3v) is 4.55. The van der Waals surface area contributed by atoms with Gasteiger partial charge in [0, 0.05) is 6.04 Å². The number of hydrogen-bond donors (Lipinski definition) is 2. The van der Waals surface area contributed by atoms with Crippen molar-refractivity contribution in [3.05, 3.63) is 46.4 Å². The number of thioether (sulfide) groups is 1. The van der Waals surface area contributed by atoms with E-state index in [-0.39, 0.29) is 29.4 Å². The van der Waals surface area contributed by atoms with Crippen LogP contribution in [0.1, 0.15) is 37.4 Å². The molecule has 1 amide bonds. The topological polar surface area (TPSA) is 79.8 Å². The zero-order valence-corrected chi connectivity index (χ0v) is 13.1. The molecule has 6 nitrogen and oxygen atoms in total. The summed E-state index contributed by atoms with van der Waals surface area (Å²) in [6.07, 6.45) is 2.01. The van der Waals surface area contributed by atoms with Gasteiger partial charge >= 0.3 is 5.69 Å². The first kappa shape index (κ1) is 14.9. The number of nitrogens with zero attached hydrogens (tertiary/aromatic N) is 2. The summed E-state index contributed by atoms with van der Waals surface area (Å²) in [5.41, 5.74) is 0.874. The van der Waals surface area contributed by atoms with Crippen LogP contribution in [-0.2, 0) is 4.79 Å². The van der Waals surface area contributed by atoms with Gasteiger partial charge in [0.15, 0.2) is 5.16 Å². The molecule has 116 valence electrons. The Kier molecular flexibility index (Phi) is 4.33. The van der Waals surface area contributed by atoms with E-state index in [0.717, 1.165) is 18.4 Å². The minimum atomic E-state index is -0.192. The first-order valence-electron chi connectivity index (χ1n) is 7.29. The zero-order valence-electron chi connectivity index (χ0n) is 12.3. The summed E-state index contributed by atoms with van der Waals surface area (Å²) >= 11 is 1.29. The Labute approximate surface area is 132 Å². The van der Waals surface area contributed by atoms with Crippen LogP contribution in [0.3, 0.4) is 0 Å². The Balaban J connectivity index is 1.56. The van der Waals surface area contributed by atoms with Crippen molar-refractivity contribution in [2.75, 3.05) is 5.75 Å². The molecule has 1 aromatic carbocycles. The Morgan fingerprint density at radius 1 is 1.45 bits per heavy atom. The molecular formula is C15H18N4O2S. The van der Waals surface area contributed by atoms with Crippen LogP contribution < -0.4 is 11.0 Å². The van der Waals surface area contributed by atoms with Gasteiger partial charge in [-0.25, -0.2) is 9.89 Å². The van der Waals surface area contributed by atoms with Crippen molar-refractivity contribution in [1.29, 1.82) is 0 Å². The van der Waals surface area contributed by atoms with Crippen molar-refractivity contribution < 1.29 is 4.79 Å². The third kappa shape index (κ3) is 3.41. The van der Waals surface area contributed by atoms with Crippen molar-refractivity contribution in [2.45, 2.75) is 37.0 Å². The lowest BCUT2D eigenvalue weighted by atomic mass is 10.1. The molecule has 1 fully saturated rings. The molecule has 22 heavy (non-hydrogen) atoms. The smallest absolute Gasteiger partial charge is 0.344 e. The molecule has 0 spiro atoms. The van der Waals surface area contributed by atoms with Crippen LogP contribution in [0.2, 0.25) is 0 Å². The van der Waals surface area contributed by atoms with Crippen molar-refractivity contribution in [3.63, 3.8) is 0 Å². The van der Waals surface area contributed by atoms with E-state index in [4.69, 9.17) is 0 Å². The van der Waals surface area contributed by atoms with Gasteiger partial charge in [-0.3, -0.25) is 9.36 Å². The van der Waals surface area contributed by atoms with Gasteiger partial charge in [-0.2, -0.15) is 0 Å². The molecule has 7 heteroatoms. The maximum absolute atomic E-state index is 12.0. The molecule has 0 unspecified atom stereocenters. The van der Waals surface area contributed by atoms with Crippen LogP contribution in [-0.4, -0.2) is 26.4 Å². The first-order valence-corrected chi connectivity index (χ1v) is 8.27. The average Bonchev–Trinajstić information content (AvgIpc) is 3.29. The van der Waals surface area contributed by atoms with E-state index >= 15 is 0 Å². The summed E-state index contributed by atoms with van der Waals surface area (Å²) in [5, 5.41) is 9.99. The molecule has 2 N–H and O–H groups in total. The first-order chi connectivity index (χ1) is 10.6. The number of hydrogen-bond acceptors (Lipinski definition) is 4. The Morgan fingerprint density at radius 3 is 2.86 bits per heavy atom. The van der Waals surface area contributed by atoms with Crippen molar-refractivity contribution in [1.82, 2.24) is 20.1 Å². The van der Waals surface area contributed by atoms with Gasteiger partial charge < -0.3 is 5.32 Å². The van der Waals surface area contributed by atoms with Crippen LogP contribution in [0.4, 0.5) is 0 Å². The lowest BCUT2D eigenvalue weighted by Crippen LogP contribution is -2.28. The highest BCUT2D eigenvalue weighted by molar-refractivity contribution is 7.99. The molecule has 1 aliphatic rings. The largest absolute Gasteiger partial charge is 0.349 e. The fraction of sp³-hybridized carbons (Fsp3) is 0.400. The van der Waals surface area contributed by atoms with Crippen LogP contribution in [0.15, 0.2) is 40.3 Å². The van der Waals surface area contributed by atoms with Crippen molar-refractivity contribution >= 4 is 17.7 Å². The van der Waals surface area contributed by atoms with Gasteiger partial charge in [-0.15, -0.1) is 5.10 Å². The number of carbonyl (C=O) groups excluding carboxylic acids is 1. The molecule has 3 rings (SSSR count). The Morgan fingerprint density at radius 2 is 2.18 bits per heavy atom. The van der Waals surface area contributed by atoms with Crippen LogP contribution in [0, 0.1) is 0 Å². The van der Waals surface area contributed by atoms with Gasteiger partial charge in [0.25, 0.3) is 0 Å². The maximum atomic E-state index is 12.0. The molecule has 1 aliphatic carbocycles. The SMILES string of the molecule is C[C@@H](NC(=O)CSc1n[nH]c(=O)n1C1CC1)c1ccccc1. The number of benzene rings is 1. The summed E-state index contributed by atoms with van der Waals surface area (Å²) in [4.78, 5) is 23.7. The molecule has 1 aromatic heterocycles. The number of amides is 1. The van der Waals surface area contributed by atoms with E-state index in [1.165, 1.54) is 11.8 Å². The lowest BCUT2D eigenvalue weighted by molar-refractivity contribution is -0.119. The molecular weight excluding hydrogens is 300 g/mol. The average molecular weight is 318 g/mol. The molecule has 2 aromatic rings. The van der Waals surface area contributed by atoms with Gasteiger partial charge in [0.1, 0.15) is 0 Å². The molecule has 1 atom stereocenters. The van der Waals surface area contributed by atoms with E-state index in [9.17, 15) is 9.59 Å². The monoisotopic (exact) mass is 318 g/mol. The number of aromatic nitrogens is 3. The predicted octanol–water partition coefficient (Wildman–Crippen LogP) is 1.88. The molecule has 1 heterocycles. The highest BCUT2D eigenvalue weighted by atomic mass is 32.2. The predicted molar refractivity (Wildman–Crippen MR) is 84.8 cm³/mol. The van der Waals surface area contributed by atoms with Crippen molar-refractivity contribution in [2.24, 2.45) is 0 Å². The van der Waals surface area contributed by atoms with Gasteiger partial charge in [-0.05, 0) is 25.3 Å². The van der Waals surface area contributed by atoms with Gasteiger partial charge in [0.05, 0.1) is 11.8 Å². The maximum Gasteiger partial charge on any atom is 0.344 e. The van der Waals surface area contributed by atoms with E-state index in [1.54, 1.807) is 4.57 Å². The fourth-order valence-electron chi connectivity index (χ4n) is 2.29. The highest BCUT2D eigenvalue weighted by Gasteiger charge is 2.28. The van der Waals surface area contributed by atoms with E-state index in [0.29, 0.717) is 5.16 Å². The van der Waals surface area contributed by atoms with Crippen LogP contribution >= 0.6 is 11.8 Å². The molecule has 1 saturated carbocycles. The second kappa shape index (κ2) is 6.39. The summed E-state index contributed by atoms with van der Waals surface area (Å²) in [5.74, 6) is 0.174. The van der Waals surface area contributed by atoms with Crippen molar-refractivity contribution in [3.8, 4) is 0 Å². The molecule has 0 aliphatic heterocycles. The number of rotatable bonds is 6. The number of H-pyrrole nitrogens is 1. The molecule has 0 bridgehead atoms. The van der Waals surface area contributed by atoms with Crippen LogP contribution in [0.25, 0.3) is 0 Å². The Bertz CT molecular complexity index is 706. The van der Waals surface area contributed by atoms with E-state index < -0.39 is 0 Å². The fourth-order valence-corrected chi connectivity index (χ4v) is 3.11. The number of aromatic amines is 1. The van der Waals surface area contributed by atoms with Crippen LogP contribution in [0.5, 0.6) is 0 Å². The minimum absolute atomic E-state index is 0.0425. The summed E-state index contributed by atoms with van der Waals surface area (Å²) in [7, 11) is 0. The van der Waals surface area contributed by atoms with Gasteiger partial charge in [0.2, 0.25) is 5.91 Å². The highest BCUT2D eigenvalue weighted by Crippen LogP contribution is 2.35. The standard InChI is InChI=1S/C15H18N4O2S/c1-10(11-5-3-2-4-6-11)16-13(20)9-22-15-18-17-14(21)19(15)12-7-8-12/h2-6,10,12H,7-9H2,1H3,(H,16,20)(H,17,21)/t10-/m1/s1. The quantitative estimate of drug-likeness (QED) is 0.797. The summed E-state index contributed by atoms with van der Waals surface area (Å²) in [6.45, 7) is 1.95. The van der Waals surface area contributed by atoms with E-state index in [1.807, 2.05) is 37.3 Å². The van der Waals surface area contributed by atoms with Gasteiger partial charge in [-0.1, -0.05) is 42.1 Å². The minimum Gasteiger partial charge on any atom is -0.349 e. The normalized spacial score (nSPS) is 15.5. The number of carbonyl (C=O) groups is 1. The lowest BCUT2D eigenvalue weighted by Gasteiger charge is -2.14. The molecule has 0 radical (unpaired) electrons. The molecule has 0 saturated heterocycles. The zero-order chi connectivity index (χ0) is 15.5. The summed E-state index contributed by atoms with van der Waals surface area (Å²) < 4.78 is 1.65. The Hall–Kier alpha value is -2.02. The second-order valence-electron chi connectivity index (χ2n) is 5.40. The number of nitrogens with one attached hydrogen (secondary N) is 2. The van der Waals surface area contributed by atoms with E-state index in [2.05, 4.69) is 15.5 Å². The third-order valence-electron chi connectivity index (χ3n) is 3.59.